The molecule has 1 aliphatic carbocycles. The van der Waals surface area contributed by atoms with Crippen molar-refractivity contribution in [2.75, 3.05) is 5.75 Å². The average Bonchev–Trinajstić information content (AvgIpc) is 3.18. The second kappa shape index (κ2) is 6.58. The van der Waals surface area contributed by atoms with Crippen LogP contribution < -0.4 is 5.32 Å². The quantitative estimate of drug-likeness (QED) is 0.742. The minimum absolute atomic E-state index is 0.0719. The summed E-state index contributed by atoms with van der Waals surface area (Å²) >= 11 is 1.79. The first-order valence-electron chi connectivity index (χ1n) is 6.84. The van der Waals surface area contributed by atoms with E-state index in [9.17, 15) is 4.39 Å². The smallest absolute Gasteiger partial charge is 0.128 e. The summed E-state index contributed by atoms with van der Waals surface area (Å²) in [4.78, 5) is 1.10. The van der Waals surface area contributed by atoms with Crippen molar-refractivity contribution in [1.29, 1.82) is 0 Å². The maximum absolute atomic E-state index is 13.9. The van der Waals surface area contributed by atoms with Gasteiger partial charge in [-0.3, -0.25) is 0 Å². The summed E-state index contributed by atoms with van der Waals surface area (Å²) in [6, 6.07) is 6.05. The van der Waals surface area contributed by atoms with Gasteiger partial charge in [0.05, 0.1) is 0 Å². The van der Waals surface area contributed by atoms with Crippen molar-refractivity contribution in [3.05, 3.63) is 29.6 Å². The fraction of sp³-hybridized carbons (Fsp3) is 0.600. The third-order valence-corrected chi connectivity index (χ3v) is 4.87. The Labute approximate surface area is 114 Å². The van der Waals surface area contributed by atoms with Crippen LogP contribution in [0, 0.1) is 11.7 Å². The predicted molar refractivity (Wildman–Crippen MR) is 76.4 cm³/mol. The van der Waals surface area contributed by atoms with Crippen molar-refractivity contribution in [3.63, 3.8) is 0 Å². The first-order valence-corrected chi connectivity index (χ1v) is 7.82. The van der Waals surface area contributed by atoms with E-state index < -0.39 is 0 Å². The molecule has 1 unspecified atom stereocenters. The van der Waals surface area contributed by atoms with Crippen molar-refractivity contribution in [3.8, 4) is 0 Å². The van der Waals surface area contributed by atoms with Crippen LogP contribution in [0.3, 0.4) is 0 Å². The van der Waals surface area contributed by atoms with Crippen LogP contribution in [0.4, 0.5) is 4.39 Å². The standard InChI is InChI=1S/C15H22FNS/c1-3-11(2)10-18-15-6-4-5-14(16)13(15)9-17-12-7-8-12/h4-6,11-12,17H,3,7-10H2,1-2H3. The van der Waals surface area contributed by atoms with Crippen molar-refractivity contribution in [2.45, 2.75) is 50.6 Å². The van der Waals surface area contributed by atoms with Crippen LogP contribution in [0.1, 0.15) is 38.7 Å². The number of benzene rings is 1. The third-order valence-electron chi connectivity index (χ3n) is 3.44. The molecule has 1 nitrogen and oxygen atoms in total. The van der Waals surface area contributed by atoms with Crippen LogP contribution in [-0.2, 0) is 6.54 Å². The zero-order valence-corrected chi connectivity index (χ0v) is 12.0. The average molecular weight is 267 g/mol. The Bertz CT molecular complexity index is 390. The molecule has 1 aromatic rings. The summed E-state index contributed by atoms with van der Waals surface area (Å²) in [6.07, 6.45) is 3.66. The Morgan fingerprint density at radius 3 is 2.89 bits per heavy atom. The van der Waals surface area contributed by atoms with E-state index in [0.29, 0.717) is 18.5 Å². The van der Waals surface area contributed by atoms with Crippen LogP contribution in [0.15, 0.2) is 23.1 Å². The summed E-state index contributed by atoms with van der Waals surface area (Å²) < 4.78 is 13.9. The molecule has 1 aliphatic rings. The molecule has 0 aliphatic heterocycles. The van der Waals surface area contributed by atoms with Gasteiger partial charge in [-0.2, -0.15) is 0 Å². The number of nitrogens with one attached hydrogen (secondary N) is 1. The molecule has 100 valence electrons. The molecule has 18 heavy (non-hydrogen) atoms. The Hall–Kier alpha value is -0.540. The monoisotopic (exact) mass is 267 g/mol. The highest BCUT2D eigenvalue weighted by Gasteiger charge is 2.21. The topological polar surface area (TPSA) is 12.0 Å². The molecule has 1 aromatic carbocycles. The molecule has 0 bridgehead atoms. The van der Waals surface area contributed by atoms with Gasteiger partial charge in [-0.15, -0.1) is 11.8 Å². The molecular weight excluding hydrogens is 245 g/mol. The molecule has 1 saturated carbocycles. The number of halogens is 1. The van der Waals surface area contributed by atoms with Gasteiger partial charge in [0.25, 0.3) is 0 Å². The molecule has 0 saturated heterocycles. The van der Waals surface area contributed by atoms with Crippen molar-refractivity contribution in [1.82, 2.24) is 5.32 Å². The molecule has 1 N–H and O–H groups in total. The summed E-state index contributed by atoms with van der Waals surface area (Å²) in [6.45, 7) is 5.11. The lowest BCUT2D eigenvalue weighted by molar-refractivity contribution is 0.578. The lowest BCUT2D eigenvalue weighted by atomic mass is 10.2. The van der Waals surface area contributed by atoms with Gasteiger partial charge in [0, 0.05) is 28.8 Å². The van der Waals surface area contributed by atoms with Crippen molar-refractivity contribution in [2.24, 2.45) is 5.92 Å². The number of hydrogen-bond acceptors (Lipinski definition) is 2. The Balaban J connectivity index is 1.99. The molecular formula is C15H22FNS. The molecule has 0 aromatic heterocycles. The summed E-state index contributed by atoms with van der Waals surface area (Å²) in [5, 5.41) is 3.40. The molecule has 0 heterocycles. The van der Waals surface area contributed by atoms with Gasteiger partial charge in [0.1, 0.15) is 5.82 Å². The van der Waals surface area contributed by atoms with Gasteiger partial charge in [-0.05, 0) is 30.9 Å². The molecule has 0 spiro atoms. The Morgan fingerprint density at radius 2 is 2.22 bits per heavy atom. The summed E-state index contributed by atoms with van der Waals surface area (Å²) in [5.74, 6) is 1.68. The van der Waals surface area contributed by atoms with Gasteiger partial charge in [0.2, 0.25) is 0 Å². The largest absolute Gasteiger partial charge is 0.310 e. The van der Waals surface area contributed by atoms with Crippen LogP contribution in [0.25, 0.3) is 0 Å². The molecule has 2 rings (SSSR count). The highest BCUT2D eigenvalue weighted by Crippen LogP contribution is 2.28. The Kier molecular flexibility index (Phi) is 5.07. The maximum atomic E-state index is 13.9. The molecule has 3 heteroatoms. The van der Waals surface area contributed by atoms with E-state index in [-0.39, 0.29) is 5.82 Å². The summed E-state index contributed by atoms with van der Waals surface area (Å²) in [5.41, 5.74) is 0.845. The van der Waals surface area contributed by atoms with E-state index in [1.165, 1.54) is 19.3 Å². The highest BCUT2D eigenvalue weighted by atomic mass is 32.2. The Morgan fingerprint density at radius 1 is 1.44 bits per heavy atom. The first kappa shape index (κ1) is 13.9. The lowest BCUT2D eigenvalue weighted by Gasteiger charge is -2.13. The van der Waals surface area contributed by atoms with Crippen LogP contribution >= 0.6 is 11.8 Å². The van der Waals surface area contributed by atoms with Gasteiger partial charge >= 0.3 is 0 Å². The van der Waals surface area contributed by atoms with E-state index in [1.54, 1.807) is 17.8 Å². The van der Waals surface area contributed by atoms with Crippen LogP contribution in [0.2, 0.25) is 0 Å². The minimum Gasteiger partial charge on any atom is -0.310 e. The predicted octanol–water partition coefficient (Wildman–Crippen LogP) is 4.22. The van der Waals surface area contributed by atoms with Crippen LogP contribution in [-0.4, -0.2) is 11.8 Å². The molecule has 1 fully saturated rings. The van der Waals surface area contributed by atoms with Crippen LogP contribution in [0.5, 0.6) is 0 Å². The first-order chi connectivity index (χ1) is 8.70. The number of thioether (sulfide) groups is 1. The van der Waals surface area contributed by atoms with Gasteiger partial charge in [0.15, 0.2) is 0 Å². The molecule has 1 atom stereocenters. The number of hydrogen-bond donors (Lipinski definition) is 1. The van der Waals surface area contributed by atoms with E-state index in [2.05, 4.69) is 19.2 Å². The van der Waals surface area contributed by atoms with E-state index in [1.807, 2.05) is 12.1 Å². The lowest BCUT2D eigenvalue weighted by Crippen LogP contribution is -2.17. The minimum atomic E-state index is -0.0719. The zero-order valence-electron chi connectivity index (χ0n) is 11.2. The normalized spacial score (nSPS) is 16.8. The maximum Gasteiger partial charge on any atom is 0.128 e. The van der Waals surface area contributed by atoms with Crippen molar-refractivity contribution < 1.29 is 4.39 Å². The molecule has 0 radical (unpaired) electrons. The molecule has 0 amide bonds. The van der Waals surface area contributed by atoms with Crippen molar-refractivity contribution >= 4 is 11.8 Å². The zero-order chi connectivity index (χ0) is 13.0. The number of rotatable bonds is 7. The van der Waals surface area contributed by atoms with E-state index in [4.69, 9.17) is 0 Å². The second-order valence-corrected chi connectivity index (χ2v) is 6.26. The SMILES string of the molecule is CCC(C)CSc1cccc(F)c1CNC1CC1. The van der Waals surface area contributed by atoms with Gasteiger partial charge < -0.3 is 5.32 Å². The van der Waals surface area contributed by atoms with E-state index >= 15 is 0 Å². The second-order valence-electron chi connectivity index (χ2n) is 5.20. The van der Waals surface area contributed by atoms with Gasteiger partial charge in [-0.25, -0.2) is 4.39 Å². The fourth-order valence-electron chi connectivity index (χ4n) is 1.73. The summed E-state index contributed by atoms with van der Waals surface area (Å²) in [7, 11) is 0. The highest BCUT2D eigenvalue weighted by molar-refractivity contribution is 7.99. The van der Waals surface area contributed by atoms with E-state index in [0.717, 1.165) is 16.2 Å². The fourth-order valence-corrected chi connectivity index (χ4v) is 2.95. The van der Waals surface area contributed by atoms with Gasteiger partial charge in [-0.1, -0.05) is 26.3 Å². The third kappa shape index (κ3) is 3.99.